The number of rotatable bonds is 5. The number of aryl methyl sites for hydroxylation is 1. The number of hydrogen-bond donors (Lipinski definition) is 1. The predicted molar refractivity (Wildman–Crippen MR) is 88.2 cm³/mol. The molecule has 0 unspecified atom stereocenters. The highest BCUT2D eigenvalue weighted by Gasteiger charge is 2.08. The van der Waals surface area contributed by atoms with Gasteiger partial charge in [0.05, 0.1) is 25.5 Å². The molecular weight excluding hydrogens is 294 g/mol. The van der Waals surface area contributed by atoms with Crippen molar-refractivity contribution in [2.75, 3.05) is 14.2 Å². The van der Waals surface area contributed by atoms with Gasteiger partial charge in [0.25, 0.3) is 5.91 Å². The number of hydrogen-bond acceptors (Lipinski definition) is 5. The van der Waals surface area contributed by atoms with Gasteiger partial charge in [-0.1, -0.05) is 0 Å². The fourth-order valence-electron chi connectivity index (χ4n) is 1.93. The molecule has 0 radical (unpaired) electrons. The number of nitrogens with zero attached hydrogens (tertiary/aromatic N) is 2. The van der Waals surface area contributed by atoms with Crippen molar-refractivity contribution >= 4 is 11.6 Å². The van der Waals surface area contributed by atoms with Crippen molar-refractivity contribution in [3.05, 3.63) is 53.3 Å². The molecule has 0 bridgehead atoms. The number of benzene rings is 1. The van der Waals surface area contributed by atoms with Crippen LogP contribution in [0, 0.1) is 6.92 Å². The van der Waals surface area contributed by atoms with Crippen molar-refractivity contribution in [2.45, 2.75) is 13.8 Å². The molecule has 1 aromatic carbocycles. The lowest BCUT2D eigenvalue weighted by Crippen LogP contribution is -2.19. The van der Waals surface area contributed by atoms with Crippen LogP contribution < -0.4 is 14.9 Å². The summed E-state index contributed by atoms with van der Waals surface area (Å²) in [6.07, 6.45) is 1.52. The van der Waals surface area contributed by atoms with Crippen LogP contribution >= 0.6 is 0 Å². The lowest BCUT2D eigenvalue weighted by molar-refractivity contribution is 0.0954. The maximum atomic E-state index is 12.0. The summed E-state index contributed by atoms with van der Waals surface area (Å²) in [5, 5.41) is 4.12. The molecule has 0 spiro atoms. The van der Waals surface area contributed by atoms with E-state index in [4.69, 9.17) is 9.47 Å². The quantitative estimate of drug-likeness (QED) is 0.680. The molecule has 0 aliphatic heterocycles. The van der Waals surface area contributed by atoms with Gasteiger partial charge >= 0.3 is 0 Å². The molecule has 0 atom stereocenters. The van der Waals surface area contributed by atoms with E-state index >= 15 is 0 Å². The Hall–Kier alpha value is -2.89. The van der Waals surface area contributed by atoms with Gasteiger partial charge in [-0.05, 0) is 44.2 Å². The normalized spacial score (nSPS) is 11.0. The Bertz CT molecular complexity index is 724. The monoisotopic (exact) mass is 313 g/mol. The molecule has 2 aromatic rings. The molecule has 6 heteroatoms. The van der Waals surface area contributed by atoms with Crippen molar-refractivity contribution in [2.24, 2.45) is 5.10 Å². The summed E-state index contributed by atoms with van der Waals surface area (Å²) in [7, 11) is 3.15. The van der Waals surface area contributed by atoms with Crippen LogP contribution in [-0.2, 0) is 0 Å². The first kappa shape index (κ1) is 16.5. The fraction of sp³-hybridized carbons (Fsp3) is 0.235. The Morgan fingerprint density at radius 2 is 1.78 bits per heavy atom. The van der Waals surface area contributed by atoms with Crippen molar-refractivity contribution in [1.82, 2.24) is 10.4 Å². The van der Waals surface area contributed by atoms with E-state index in [1.807, 2.05) is 13.0 Å². The Kier molecular flexibility index (Phi) is 5.30. The lowest BCUT2D eigenvalue weighted by Gasteiger charge is -2.09. The van der Waals surface area contributed by atoms with Crippen LogP contribution in [0.5, 0.6) is 11.5 Å². The Balaban J connectivity index is 2.13. The predicted octanol–water partition coefficient (Wildman–Crippen LogP) is 2.56. The first-order chi connectivity index (χ1) is 11.0. The van der Waals surface area contributed by atoms with Crippen LogP contribution in [0.25, 0.3) is 0 Å². The number of methoxy groups -OCH3 is 2. The van der Waals surface area contributed by atoms with Crippen LogP contribution in [0.2, 0.25) is 0 Å². The highest BCUT2D eigenvalue weighted by atomic mass is 16.5. The fourth-order valence-corrected chi connectivity index (χ4v) is 1.93. The summed E-state index contributed by atoms with van der Waals surface area (Å²) in [5.41, 5.74) is 5.31. The van der Waals surface area contributed by atoms with Gasteiger partial charge in [0.2, 0.25) is 0 Å². The van der Waals surface area contributed by atoms with Crippen LogP contribution in [0.15, 0.2) is 41.6 Å². The standard InChI is InChI=1S/C17H19N3O3/c1-11-5-6-14(10-18-11)17(21)20-19-12(2)13-7-8-15(22-3)16(9-13)23-4/h5-10H,1-4H3,(H,20,21)/b19-12+. The molecule has 2 rings (SSSR count). The molecule has 0 aliphatic carbocycles. The van der Waals surface area contributed by atoms with E-state index in [2.05, 4.69) is 15.5 Å². The minimum Gasteiger partial charge on any atom is -0.493 e. The molecule has 6 nitrogen and oxygen atoms in total. The first-order valence-corrected chi connectivity index (χ1v) is 7.05. The second-order valence-electron chi connectivity index (χ2n) is 4.90. The van der Waals surface area contributed by atoms with Crippen LogP contribution in [0.4, 0.5) is 0 Å². The zero-order valence-electron chi connectivity index (χ0n) is 13.6. The number of hydrazone groups is 1. The molecule has 1 N–H and O–H groups in total. The molecular formula is C17H19N3O3. The third-order valence-corrected chi connectivity index (χ3v) is 3.30. The summed E-state index contributed by atoms with van der Waals surface area (Å²) in [6.45, 7) is 3.66. The Morgan fingerprint density at radius 3 is 2.39 bits per heavy atom. The maximum absolute atomic E-state index is 12.0. The Labute approximate surface area is 135 Å². The number of nitrogens with one attached hydrogen (secondary N) is 1. The van der Waals surface area contributed by atoms with E-state index in [1.54, 1.807) is 45.4 Å². The van der Waals surface area contributed by atoms with E-state index < -0.39 is 0 Å². The second-order valence-corrected chi connectivity index (χ2v) is 4.90. The number of carbonyl (C=O) groups excluding carboxylic acids is 1. The number of ether oxygens (including phenoxy) is 2. The van der Waals surface area contributed by atoms with E-state index in [0.29, 0.717) is 22.8 Å². The third kappa shape index (κ3) is 4.06. The zero-order chi connectivity index (χ0) is 16.8. The van der Waals surface area contributed by atoms with E-state index in [9.17, 15) is 4.79 Å². The number of amides is 1. The van der Waals surface area contributed by atoms with Gasteiger partial charge in [0.1, 0.15) is 0 Å². The van der Waals surface area contributed by atoms with Crippen LogP contribution in [0.3, 0.4) is 0 Å². The first-order valence-electron chi connectivity index (χ1n) is 7.05. The SMILES string of the molecule is COc1ccc(/C(C)=N/NC(=O)c2ccc(C)nc2)cc1OC. The van der Waals surface area contributed by atoms with Crippen molar-refractivity contribution < 1.29 is 14.3 Å². The number of pyridine rings is 1. The topological polar surface area (TPSA) is 72.8 Å². The summed E-state index contributed by atoms with van der Waals surface area (Å²) in [6, 6.07) is 8.93. The average Bonchev–Trinajstić information content (AvgIpc) is 2.59. The van der Waals surface area contributed by atoms with E-state index in [-0.39, 0.29) is 5.91 Å². The summed E-state index contributed by atoms with van der Waals surface area (Å²) < 4.78 is 10.5. The van der Waals surface area contributed by atoms with Gasteiger partial charge in [0, 0.05) is 17.5 Å². The van der Waals surface area contributed by atoms with Gasteiger partial charge < -0.3 is 9.47 Å². The van der Waals surface area contributed by atoms with Gasteiger partial charge in [-0.25, -0.2) is 5.43 Å². The van der Waals surface area contributed by atoms with Crippen molar-refractivity contribution in [3.8, 4) is 11.5 Å². The zero-order valence-corrected chi connectivity index (χ0v) is 13.6. The Morgan fingerprint density at radius 1 is 1.09 bits per heavy atom. The molecule has 120 valence electrons. The number of carbonyl (C=O) groups is 1. The molecule has 0 fully saturated rings. The molecule has 0 saturated heterocycles. The van der Waals surface area contributed by atoms with Gasteiger partial charge in [-0.3, -0.25) is 9.78 Å². The van der Waals surface area contributed by atoms with Crippen LogP contribution in [0.1, 0.15) is 28.5 Å². The molecule has 0 aliphatic rings. The van der Waals surface area contributed by atoms with E-state index in [0.717, 1.165) is 11.3 Å². The van der Waals surface area contributed by atoms with Crippen molar-refractivity contribution in [3.63, 3.8) is 0 Å². The lowest BCUT2D eigenvalue weighted by atomic mass is 10.1. The maximum Gasteiger partial charge on any atom is 0.272 e. The van der Waals surface area contributed by atoms with Crippen LogP contribution in [-0.4, -0.2) is 30.8 Å². The highest BCUT2D eigenvalue weighted by Crippen LogP contribution is 2.27. The average molecular weight is 313 g/mol. The number of aromatic nitrogens is 1. The van der Waals surface area contributed by atoms with Gasteiger partial charge in [-0.15, -0.1) is 0 Å². The molecule has 1 amide bonds. The molecule has 0 saturated carbocycles. The smallest absolute Gasteiger partial charge is 0.272 e. The third-order valence-electron chi connectivity index (χ3n) is 3.30. The highest BCUT2D eigenvalue weighted by molar-refractivity contribution is 6.01. The van der Waals surface area contributed by atoms with Crippen molar-refractivity contribution in [1.29, 1.82) is 0 Å². The summed E-state index contributed by atoms with van der Waals surface area (Å²) in [4.78, 5) is 16.1. The minimum atomic E-state index is -0.308. The molecule has 1 aromatic heterocycles. The second kappa shape index (κ2) is 7.40. The minimum absolute atomic E-state index is 0.308. The van der Waals surface area contributed by atoms with E-state index in [1.165, 1.54) is 6.20 Å². The van der Waals surface area contributed by atoms with Gasteiger partial charge in [0.15, 0.2) is 11.5 Å². The summed E-state index contributed by atoms with van der Waals surface area (Å²) in [5.74, 6) is 0.935. The summed E-state index contributed by atoms with van der Waals surface area (Å²) >= 11 is 0. The largest absolute Gasteiger partial charge is 0.493 e. The molecule has 23 heavy (non-hydrogen) atoms. The molecule has 1 heterocycles. The van der Waals surface area contributed by atoms with Gasteiger partial charge in [-0.2, -0.15) is 5.10 Å².